The molecule has 2 aliphatic carbocycles. The van der Waals surface area contributed by atoms with Gasteiger partial charge in [-0.2, -0.15) is 0 Å². The van der Waals surface area contributed by atoms with E-state index in [2.05, 4.69) is 32.2 Å². The predicted octanol–water partition coefficient (Wildman–Crippen LogP) is 4.47. The lowest BCUT2D eigenvalue weighted by molar-refractivity contribution is 0.475. The van der Waals surface area contributed by atoms with Gasteiger partial charge in [-0.1, -0.05) is 17.7 Å². The third-order valence-corrected chi connectivity index (χ3v) is 4.64. The van der Waals surface area contributed by atoms with Crippen LogP contribution >= 0.6 is 0 Å². The largest absolute Gasteiger partial charge is 0.507 e. The highest BCUT2D eigenvalue weighted by atomic mass is 19.1. The maximum absolute atomic E-state index is 14.1. The number of benzene rings is 1. The summed E-state index contributed by atoms with van der Waals surface area (Å²) in [6.07, 6.45) is 5.98. The maximum Gasteiger partial charge on any atom is 0.137 e. The van der Waals surface area contributed by atoms with E-state index < -0.39 is 11.6 Å². The SMILES string of the molecule is CC1=CC(C)(C)NC2=CC3=C(O)c4c(F)cc(F)cc4C3=CC12. The van der Waals surface area contributed by atoms with Crippen LogP contribution in [0, 0.1) is 17.6 Å². The predicted molar refractivity (Wildman–Crippen MR) is 86.4 cm³/mol. The van der Waals surface area contributed by atoms with Crippen molar-refractivity contribution in [3.05, 3.63) is 70.0 Å². The third kappa shape index (κ3) is 1.97. The van der Waals surface area contributed by atoms with Gasteiger partial charge in [0, 0.05) is 28.8 Å². The standard InChI is InChI=1S/C19H17F2NO/c1-9-8-19(2,3)22-16-7-14-12(6-11(9)16)13-4-10(20)5-15(21)17(13)18(14)23/h4-8,11,22-23H,1-3H3. The molecule has 0 amide bonds. The minimum absolute atomic E-state index is 0.0341. The van der Waals surface area contributed by atoms with Crippen LogP contribution in [-0.2, 0) is 0 Å². The molecule has 4 heteroatoms. The summed E-state index contributed by atoms with van der Waals surface area (Å²) in [5, 5.41) is 13.9. The second-order valence-electron chi connectivity index (χ2n) is 6.97. The van der Waals surface area contributed by atoms with E-state index in [-0.39, 0.29) is 22.8 Å². The number of hydrogen-bond donors (Lipinski definition) is 2. The van der Waals surface area contributed by atoms with Crippen LogP contribution in [0.5, 0.6) is 0 Å². The lowest BCUT2D eigenvalue weighted by atomic mass is 9.80. The number of rotatable bonds is 0. The van der Waals surface area contributed by atoms with Gasteiger partial charge in [0.1, 0.15) is 17.4 Å². The van der Waals surface area contributed by atoms with Gasteiger partial charge in [-0.05, 0) is 44.1 Å². The molecule has 23 heavy (non-hydrogen) atoms. The Labute approximate surface area is 133 Å². The topological polar surface area (TPSA) is 32.3 Å². The fourth-order valence-corrected chi connectivity index (χ4v) is 3.82. The first-order valence-electron chi connectivity index (χ1n) is 7.61. The maximum atomic E-state index is 14.1. The lowest BCUT2D eigenvalue weighted by Gasteiger charge is -2.37. The molecule has 0 aromatic heterocycles. The average molecular weight is 313 g/mol. The molecule has 1 aromatic rings. The van der Waals surface area contributed by atoms with Crippen LogP contribution in [0.1, 0.15) is 31.9 Å². The molecule has 0 fully saturated rings. The monoisotopic (exact) mass is 313 g/mol. The Balaban J connectivity index is 1.95. The van der Waals surface area contributed by atoms with Crippen molar-refractivity contribution in [3.8, 4) is 0 Å². The summed E-state index contributed by atoms with van der Waals surface area (Å²) in [4.78, 5) is 0. The summed E-state index contributed by atoms with van der Waals surface area (Å²) in [6, 6.07) is 2.09. The fraction of sp³-hybridized carbons (Fsp3) is 0.263. The molecule has 3 aliphatic rings. The van der Waals surface area contributed by atoms with Crippen LogP contribution in [0.3, 0.4) is 0 Å². The van der Waals surface area contributed by atoms with Gasteiger partial charge in [-0.25, -0.2) is 8.78 Å². The highest BCUT2D eigenvalue weighted by Gasteiger charge is 2.36. The van der Waals surface area contributed by atoms with Crippen molar-refractivity contribution in [3.63, 3.8) is 0 Å². The molecule has 0 saturated heterocycles. The number of hydrogen-bond acceptors (Lipinski definition) is 2. The molecule has 0 bridgehead atoms. The molecular formula is C19H17F2NO. The molecule has 4 rings (SSSR count). The molecule has 0 radical (unpaired) electrons. The molecule has 1 aliphatic heterocycles. The zero-order chi connectivity index (χ0) is 16.5. The van der Waals surface area contributed by atoms with Crippen molar-refractivity contribution in [1.82, 2.24) is 5.32 Å². The lowest BCUT2D eigenvalue weighted by Crippen LogP contribution is -2.43. The van der Waals surface area contributed by atoms with Crippen molar-refractivity contribution >= 4 is 11.3 Å². The second-order valence-corrected chi connectivity index (χ2v) is 6.97. The van der Waals surface area contributed by atoms with Gasteiger partial charge in [0.05, 0.1) is 5.56 Å². The van der Waals surface area contributed by atoms with Gasteiger partial charge >= 0.3 is 0 Å². The summed E-state index contributed by atoms with van der Waals surface area (Å²) in [5.41, 5.74) is 3.71. The molecule has 2 N–H and O–H groups in total. The van der Waals surface area contributed by atoms with Gasteiger partial charge in [0.2, 0.25) is 0 Å². The first kappa shape index (κ1) is 14.2. The molecule has 118 valence electrons. The molecule has 0 saturated carbocycles. The average Bonchev–Trinajstić information content (AvgIpc) is 2.69. The normalized spacial score (nSPS) is 24.0. The van der Waals surface area contributed by atoms with E-state index >= 15 is 0 Å². The number of nitrogens with one attached hydrogen (secondary N) is 1. The van der Waals surface area contributed by atoms with E-state index in [1.165, 1.54) is 11.6 Å². The molecular weight excluding hydrogens is 296 g/mol. The summed E-state index contributed by atoms with van der Waals surface area (Å²) in [7, 11) is 0. The zero-order valence-electron chi connectivity index (χ0n) is 13.2. The number of fused-ring (bicyclic) bond motifs is 4. The van der Waals surface area contributed by atoms with Gasteiger partial charge in [0.15, 0.2) is 0 Å². The summed E-state index contributed by atoms with van der Waals surface area (Å²) in [6.45, 7) is 6.19. The molecule has 1 aromatic carbocycles. The summed E-state index contributed by atoms with van der Waals surface area (Å²) >= 11 is 0. The van der Waals surface area contributed by atoms with Crippen molar-refractivity contribution in [2.24, 2.45) is 5.92 Å². The third-order valence-electron chi connectivity index (χ3n) is 4.64. The molecule has 1 unspecified atom stereocenters. The Bertz CT molecular complexity index is 872. The summed E-state index contributed by atoms with van der Waals surface area (Å²) in [5.74, 6) is -1.46. The van der Waals surface area contributed by atoms with Gasteiger partial charge in [-0.3, -0.25) is 0 Å². The van der Waals surface area contributed by atoms with Crippen LogP contribution in [0.4, 0.5) is 8.78 Å². The highest BCUT2D eigenvalue weighted by molar-refractivity contribution is 6.01. The van der Waals surface area contributed by atoms with Crippen molar-refractivity contribution < 1.29 is 13.9 Å². The minimum atomic E-state index is -0.734. The Morgan fingerprint density at radius 3 is 2.70 bits per heavy atom. The Morgan fingerprint density at radius 2 is 1.96 bits per heavy atom. The number of halogens is 2. The van der Waals surface area contributed by atoms with E-state index in [0.29, 0.717) is 16.7 Å². The molecule has 2 nitrogen and oxygen atoms in total. The summed E-state index contributed by atoms with van der Waals surface area (Å²) < 4.78 is 27.7. The van der Waals surface area contributed by atoms with Crippen molar-refractivity contribution in [2.75, 3.05) is 0 Å². The first-order valence-corrected chi connectivity index (χ1v) is 7.61. The van der Waals surface area contributed by atoms with E-state index in [4.69, 9.17) is 0 Å². The second kappa shape index (κ2) is 4.34. The van der Waals surface area contributed by atoms with Crippen molar-refractivity contribution in [2.45, 2.75) is 26.3 Å². The Kier molecular flexibility index (Phi) is 2.69. The van der Waals surface area contributed by atoms with Crippen LogP contribution in [-0.4, -0.2) is 10.6 Å². The van der Waals surface area contributed by atoms with Gasteiger partial charge in [0.25, 0.3) is 0 Å². The minimum Gasteiger partial charge on any atom is -0.507 e. The Hall–Kier alpha value is -2.36. The first-order chi connectivity index (χ1) is 10.8. The van der Waals surface area contributed by atoms with E-state index in [1.54, 1.807) is 0 Å². The van der Waals surface area contributed by atoms with Crippen LogP contribution in [0.25, 0.3) is 11.3 Å². The molecule has 0 spiro atoms. The molecule has 1 atom stereocenters. The zero-order valence-corrected chi connectivity index (χ0v) is 13.2. The Morgan fingerprint density at radius 1 is 1.22 bits per heavy atom. The van der Waals surface area contributed by atoms with Crippen LogP contribution < -0.4 is 5.32 Å². The van der Waals surface area contributed by atoms with Gasteiger partial charge in [-0.15, -0.1) is 0 Å². The van der Waals surface area contributed by atoms with Crippen LogP contribution in [0.15, 0.2) is 47.2 Å². The quantitative estimate of drug-likeness (QED) is 0.693. The van der Waals surface area contributed by atoms with E-state index in [9.17, 15) is 13.9 Å². The van der Waals surface area contributed by atoms with E-state index in [1.807, 2.05) is 12.2 Å². The number of aliphatic hydroxyl groups excluding tert-OH is 1. The van der Waals surface area contributed by atoms with Gasteiger partial charge < -0.3 is 10.4 Å². The van der Waals surface area contributed by atoms with Crippen LogP contribution in [0.2, 0.25) is 0 Å². The van der Waals surface area contributed by atoms with Crippen molar-refractivity contribution in [1.29, 1.82) is 0 Å². The molecule has 1 heterocycles. The highest BCUT2D eigenvalue weighted by Crippen LogP contribution is 2.47. The van der Waals surface area contributed by atoms with E-state index in [0.717, 1.165) is 11.8 Å². The number of aliphatic hydroxyl groups is 1. The smallest absolute Gasteiger partial charge is 0.137 e. The number of allylic oxidation sites excluding steroid dienone is 4. The fourth-order valence-electron chi connectivity index (χ4n) is 3.82.